The fourth-order valence-corrected chi connectivity index (χ4v) is 5.53. The molecule has 10 heteroatoms. The molecule has 1 amide bonds. The second kappa shape index (κ2) is 14.0. The lowest BCUT2D eigenvalue weighted by Gasteiger charge is -2.11. The van der Waals surface area contributed by atoms with Crippen LogP contribution in [0.2, 0.25) is 0 Å². The Bertz CT molecular complexity index is 1860. The first-order chi connectivity index (χ1) is 20.9. The Hall–Kier alpha value is -4.72. The van der Waals surface area contributed by atoms with Crippen molar-refractivity contribution in [3.63, 3.8) is 0 Å². The van der Waals surface area contributed by atoms with Crippen molar-refractivity contribution in [3.8, 4) is 11.8 Å². The molecule has 8 nitrogen and oxygen atoms in total. The fourth-order valence-electron chi connectivity index (χ4n) is 4.60. The van der Waals surface area contributed by atoms with E-state index < -0.39 is 0 Å². The van der Waals surface area contributed by atoms with Crippen LogP contribution in [-0.2, 0) is 18.7 Å². The highest BCUT2D eigenvalue weighted by atomic mass is 32.2. The van der Waals surface area contributed by atoms with E-state index in [-0.39, 0.29) is 17.3 Å². The van der Waals surface area contributed by atoms with Crippen molar-refractivity contribution in [2.24, 2.45) is 5.73 Å². The summed E-state index contributed by atoms with van der Waals surface area (Å²) in [6.07, 6.45) is 5.23. The molecule has 0 bridgehead atoms. The lowest BCUT2D eigenvalue weighted by atomic mass is 10.1. The van der Waals surface area contributed by atoms with E-state index in [1.165, 1.54) is 12.1 Å². The molecule has 4 N–H and O–H groups in total. The summed E-state index contributed by atoms with van der Waals surface area (Å²) in [5, 5.41) is 10.3. The Labute approximate surface area is 252 Å². The molecule has 0 atom stereocenters. The highest BCUT2D eigenvalue weighted by molar-refractivity contribution is 7.98. The number of fused-ring (bicyclic) bond motifs is 1. The van der Waals surface area contributed by atoms with E-state index in [1.807, 2.05) is 30.5 Å². The molecule has 0 aliphatic rings. The predicted molar refractivity (Wildman–Crippen MR) is 167 cm³/mol. The van der Waals surface area contributed by atoms with Crippen LogP contribution in [0, 0.1) is 24.6 Å². The molecule has 0 saturated heterocycles. The minimum absolute atomic E-state index is 0.0964. The Kier molecular flexibility index (Phi) is 9.66. The zero-order valence-corrected chi connectivity index (χ0v) is 24.5. The molecular formula is C33H31FN6O2S. The molecule has 5 rings (SSSR count). The number of benzene rings is 3. The lowest BCUT2D eigenvalue weighted by molar-refractivity contribution is 0.0953. The minimum atomic E-state index is -0.327. The Morgan fingerprint density at radius 2 is 1.93 bits per heavy atom. The van der Waals surface area contributed by atoms with Gasteiger partial charge >= 0.3 is 0 Å². The minimum Gasteiger partial charge on any atom is -0.352 e. The third-order valence-corrected chi connectivity index (χ3v) is 8.01. The number of aryl methyl sites for hydroxylation is 2. The molecule has 5 aromatic rings. The SMILES string of the molecule is Cc1nc2cc(CSc3ccc(C(=O)NCCCc4cn[nH]c4)cc3C#Cc3ccc(F)cc3)ccc2c(=O)n1CCN. The summed E-state index contributed by atoms with van der Waals surface area (Å²) in [6.45, 7) is 3.12. The van der Waals surface area contributed by atoms with Crippen molar-refractivity contribution in [2.75, 3.05) is 13.1 Å². The van der Waals surface area contributed by atoms with E-state index in [4.69, 9.17) is 5.73 Å². The summed E-state index contributed by atoms with van der Waals surface area (Å²) in [5.74, 6) is 6.99. The second-order valence-corrected chi connectivity index (χ2v) is 11.0. The molecule has 0 fully saturated rings. The summed E-state index contributed by atoms with van der Waals surface area (Å²) >= 11 is 1.58. The average molecular weight is 595 g/mol. The number of hydrogen-bond acceptors (Lipinski definition) is 6. The topological polar surface area (TPSA) is 119 Å². The molecule has 2 heterocycles. The summed E-state index contributed by atoms with van der Waals surface area (Å²) < 4.78 is 15.0. The monoisotopic (exact) mass is 594 g/mol. The van der Waals surface area contributed by atoms with Crippen molar-refractivity contribution in [2.45, 2.75) is 37.0 Å². The maximum Gasteiger partial charge on any atom is 0.261 e. The van der Waals surface area contributed by atoms with Crippen LogP contribution in [0.15, 0.2) is 82.7 Å². The number of halogens is 1. The largest absolute Gasteiger partial charge is 0.352 e. The van der Waals surface area contributed by atoms with Gasteiger partial charge in [0.25, 0.3) is 11.5 Å². The lowest BCUT2D eigenvalue weighted by Crippen LogP contribution is -2.27. The van der Waals surface area contributed by atoms with Crippen LogP contribution < -0.4 is 16.6 Å². The van der Waals surface area contributed by atoms with Gasteiger partial charge in [-0.2, -0.15) is 5.10 Å². The van der Waals surface area contributed by atoms with E-state index in [0.717, 1.165) is 28.9 Å². The van der Waals surface area contributed by atoms with Gasteiger partial charge in [0.15, 0.2) is 0 Å². The van der Waals surface area contributed by atoms with Crippen LogP contribution >= 0.6 is 11.8 Å². The Balaban J connectivity index is 1.35. The molecule has 218 valence electrons. The van der Waals surface area contributed by atoms with Crippen molar-refractivity contribution in [3.05, 3.63) is 123 Å². The third kappa shape index (κ3) is 7.57. The smallest absolute Gasteiger partial charge is 0.261 e. The van der Waals surface area contributed by atoms with Crippen LogP contribution in [0.3, 0.4) is 0 Å². The quantitative estimate of drug-likeness (QED) is 0.124. The Morgan fingerprint density at radius 1 is 1.09 bits per heavy atom. The van der Waals surface area contributed by atoms with Crippen molar-refractivity contribution in [1.29, 1.82) is 0 Å². The second-order valence-electron chi connectivity index (χ2n) is 9.98. The first-order valence-electron chi connectivity index (χ1n) is 13.9. The summed E-state index contributed by atoms with van der Waals surface area (Å²) in [7, 11) is 0. The van der Waals surface area contributed by atoms with Crippen LogP contribution in [0.1, 0.15) is 44.9 Å². The van der Waals surface area contributed by atoms with Gasteiger partial charge in [-0.25, -0.2) is 9.37 Å². The number of amides is 1. The molecule has 2 aromatic heterocycles. The Morgan fingerprint density at radius 3 is 2.70 bits per heavy atom. The number of nitrogens with two attached hydrogens (primary N) is 1. The molecule has 0 unspecified atom stereocenters. The number of hydrogen-bond donors (Lipinski definition) is 3. The first-order valence-corrected chi connectivity index (χ1v) is 14.9. The first kappa shape index (κ1) is 29.8. The van der Waals surface area contributed by atoms with Crippen LogP contribution in [0.5, 0.6) is 0 Å². The number of aromatic nitrogens is 4. The maximum absolute atomic E-state index is 13.4. The number of aromatic amines is 1. The molecule has 3 aromatic carbocycles. The summed E-state index contributed by atoms with van der Waals surface area (Å²) in [5.41, 5.74) is 10.2. The van der Waals surface area contributed by atoms with Gasteiger partial charge in [0, 0.05) is 53.2 Å². The van der Waals surface area contributed by atoms with Gasteiger partial charge in [-0.3, -0.25) is 19.3 Å². The van der Waals surface area contributed by atoms with Gasteiger partial charge in [-0.1, -0.05) is 17.9 Å². The van der Waals surface area contributed by atoms with E-state index in [1.54, 1.807) is 53.7 Å². The van der Waals surface area contributed by atoms with E-state index in [9.17, 15) is 14.0 Å². The molecule has 0 radical (unpaired) electrons. The average Bonchev–Trinajstić information content (AvgIpc) is 3.54. The van der Waals surface area contributed by atoms with E-state index in [2.05, 4.69) is 32.3 Å². The normalized spacial score (nSPS) is 10.9. The maximum atomic E-state index is 13.4. The highest BCUT2D eigenvalue weighted by Crippen LogP contribution is 2.28. The van der Waals surface area contributed by atoms with E-state index >= 15 is 0 Å². The fraction of sp³-hybridized carbons (Fsp3) is 0.212. The number of carbonyl (C=O) groups excluding carboxylic acids is 1. The molecule has 0 aliphatic carbocycles. The van der Waals surface area contributed by atoms with Crippen molar-refractivity contribution >= 4 is 28.6 Å². The number of H-pyrrole nitrogens is 1. The standard InChI is InChI=1S/C33H31FN6O2S/c1-22-39-30-17-24(7-12-29(30)33(42)40(22)16-14-35)21-43-31-13-9-27(32(41)36-15-2-3-25-19-37-38-20-25)18-26(31)8-4-23-5-10-28(34)11-6-23/h5-7,9-13,17-20H,2-3,14-16,21,35H2,1H3,(H,36,41)(H,37,38). The number of carbonyl (C=O) groups is 1. The third-order valence-electron chi connectivity index (χ3n) is 6.87. The van der Waals surface area contributed by atoms with Gasteiger partial charge in [0.1, 0.15) is 11.6 Å². The van der Waals surface area contributed by atoms with Gasteiger partial charge < -0.3 is 11.1 Å². The summed E-state index contributed by atoms with van der Waals surface area (Å²) in [4.78, 5) is 31.4. The number of nitrogens with one attached hydrogen (secondary N) is 2. The molecule has 0 spiro atoms. The van der Waals surface area contributed by atoms with Crippen molar-refractivity contribution < 1.29 is 9.18 Å². The predicted octanol–water partition coefficient (Wildman–Crippen LogP) is 4.58. The van der Waals surface area contributed by atoms with Gasteiger partial charge in [0.05, 0.1) is 17.1 Å². The van der Waals surface area contributed by atoms with Crippen LogP contribution in [0.25, 0.3) is 10.9 Å². The highest BCUT2D eigenvalue weighted by Gasteiger charge is 2.12. The molecule has 0 aliphatic heterocycles. The number of nitrogens with zero attached hydrogens (tertiary/aromatic N) is 3. The molecule has 43 heavy (non-hydrogen) atoms. The summed E-state index contributed by atoms with van der Waals surface area (Å²) in [6, 6.07) is 17.1. The van der Waals surface area contributed by atoms with Crippen molar-refractivity contribution in [1.82, 2.24) is 25.1 Å². The van der Waals surface area contributed by atoms with E-state index in [0.29, 0.717) is 58.8 Å². The van der Waals surface area contributed by atoms with Gasteiger partial charge in [0.2, 0.25) is 0 Å². The van der Waals surface area contributed by atoms with Crippen LogP contribution in [0.4, 0.5) is 4.39 Å². The number of rotatable bonds is 10. The van der Waals surface area contributed by atoms with Gasteiger partial charge in [-0.05, 0) is 85.5 Å². The zero-order chi connectivity index (χ0) is 30.2. The van der Waals surface area contributed by atoms with Gasteiger partial charge in [-0.15, -0.1) is 11.8 Å². The molecular weight excluding hydrogens is 563 g/mol. The van der Waals surface area contributed by atoms with Crippen LogP contribution in [-0.4, -0.2) is 38.7 Å². The number of thioether (sulfide) groups is 1. The zero-order valence-electron chi connectivity index (χ0n) is 23.7. The molecule has 0 saturated carbocycles.